The van der Waals surface area contributed by atoms with E-state index in [9.17, 15) is 4.79 Å². The summed E-state index contributed by atoms with van der Waals surface area (Å²) in [6.07, 6.45) is 7.47. The Morgan fingerprint density at radius 2 is 2.26 bits per heavy atom. The number of aromatic nitrogens is 3. The number of amides is 1. The third-order valence-corrected chi connectivity index (χ3v) is 4.03. The van der Waals surface area contributed by atoms with Gasteiger partial charge >= 0.3 is 0 Å². The molecule has 122 valence electrons. The lowest BCUT2D eigenvalue weighted by atomic mass is 10.1. The maximum Gasteiger partial charge on any atom is 0.225 e. The molecule has 1 aliphatic rings. The first kappa shape index (κ1) is 15.9. The molecule has 3 atom stereocenters. The van der Waals surface area contributed by atoms with Crippen LogP contribution in [0.5, 0.6) is 0 Å². The van der Waals surface area contributed by atoms with Crippen molar-refractivity contribution in [1.29, 1.82) is 0 Å². The molecule has 1 fully saturated rings. The minimum Gasteiger partial charge on any atom is -0.339 e. The molecular formula is C15H19ClN6O. The Labute approximate surface area is 139 Å². The highest BCUT2D eigenvalue weighted by Gasteiger charge is 2.27. The molecule has 2 aromatic rings. The summed E-state index contributed by atoms with van der Waals surface area (Å²) in [7, 11) is 0. The number of nitrogens with one attached hydrogen (secondary N) is 3. The number of hydrogen-bond acceptors (Lipinski definition) is 5. The molecule has 0 aliphatic carbocycles. The van der Waals surface area contributed by atoms with E-state index in [4.69, 9.17) is 11.6 Å². The second kappa shape index (κ2) is 7.08. The third kappa shape index (κ3) is 4.07. The average molecular weight is 335 g/mol. The van der Waals surface area contributed by atoms with Crippen LogP contribution in [0.25, 0.3) is 0 Å². The van der Waals surface area contributed by atoms with Crippen LogP contribution in [0.1, 0.15) is 24.9 Å². The van der Waals surface area contributed by atoms with E-state index in [1.165, 1.54) is 0 Å². The predicted octanol–water partition coefficient (Wildman–Crippen LogP) is 1.25. The van der Waals surface area contributed by atoms with Gasteiger partial charge in [-0.25, -0.2) is 10.9 Å². The molecule has 2 aromatic heterocycles. The van der Waals surface area contributed by atoms with Crippen molar-refractivity contribution >= 4 is 17.5 Å². The smallest absolute Gasteiger partial charge is 0.225 e. The molecule has 0 bridgehead atoms. The van der Waals surface area contributed by atoms with Gasteiger partial charge in [0, 0.05) is 31.1 Å². The molecule has 3 N–H and O–H groups in total. The van der Waals surface area contributed by atoms with E-state index in [1.807, 2.05) is 19.1 Å². The fourth-order valence-electron chi connectivity index (χ4n) is 2.58. The van der Waals surface area contributed by atoms with E-state index in [0.29, 0.717) is 11.6 Å². The topological polar surface area (TPSA) is 83.9 Å². The molecule has 1 saturated heterocycles. The summed E-state index contributed by atoms with van der Waals surface area (Å²) in [5.41, 5.74) is 7.45. The standard InChI is InChI=1S/C15H19ClN6O/c1-10(8-22-9-12(16)7-18-22)15(23)19-14-6-13(20-21-14)11-2-4-17-5-3-11/h2-5,7,9-10,13-14,20-21H,6,8H2,1H3,(H,19,23). The third-order valence-electron chi connectivity index (χ3n) is 3.84. The number of halogens is 1. The maximum absolute atomic E-state index is 12.3. The number of nitrogens with zero attached hydrogens (tertiary/aromatic N) is 3. The molecule has 0 saturated carbocycles. The van der Waals surface area contributed by atoms with Gasteiger partial charge in [0.15, 0.2) is 0 Å². The van der Waals surface area contributed by atoms with Gasteiger partial charge in [-0.05, 0) is 17.7 Å². The second-order valence-corrected chi connectivity index (χ2v) is 6.14. The lowest BCUT2D eigenvalue weighted by Crippen LogP contribution is -2.46. The molecule has 3 rings (SSSR count). The van der Waals surface area contributed by atoms with Crippen LogP contribution in [-0.2, 0) is 11.3 Å². The van der Waals surface area contributed by atoms with E-state index < -0.39 is 0 Å². The first-order valence-corrected chi connectivity index (χ1v) is 7.89. The molecule has 0 spiro atoms. The fourth-order valence-corrected chi connectivity index (χ4v) is 2.74. The summed E-state index contributed by atoms with van der Waals surface area (Å²) in [4.78, 5) is 16.3. The van der Waals surface area contributed by atoms with Crippen molar-refractivity contribution in [1.82, 2.24) is 30.9 Å². The molecule has 0 aromatic carbocycles. The van der Waals surface area contributed by atoms with Crippen molar-refractivity contribution in [3.05, 3.63) is 47.5 Å². The molecule has 8 heteroatoms. The quantitative estimate of drug-likeness (QED) is 0.766. The SMILES string of the molecule is CC(Cn1cc(Cl)cn1)C(=O)NC1CC(c2ccncc2)NN1. The molecule has 1 amide bonds. The lowest BCUT2D eigenvalue weighted by molar-refractivity contribution is -0.125. The zero-order valence-corrected chi connectivity index (χ0v) is 13.5. The Morgan fingerprint density at radius 1 is 1.48 bits per heavy atom. The van der Waals surface area contributed by atoms with Gasteiger partial charge < -0.3 is 5.32 Å². The van der Waals surface area contributed by atoms with Crippen molar-refractivity contribution in [2.75, 3.05) is 0 Å². The monoisotopic (exact) mass is 334 g/mol. The second-order valence-electron chi connectivity index (χ2n) is 5.70. The average Bonchev–Trinajstić information content (AvgIpc) is 3.17. The largest absolute Gasteiger partial charge is 0.339 e. The number of carbonyl (C=O) groups excluding carboxylic acids is 1. The van der Waals surface area contributed by atoms with Gasteiger partial charge in [0.2, 0.25) is 5.91 Å². The van der Waals surface area contributed by atoms with E-state index in [0.717, 1.165) is 12.0 Å². The lowest BCUT2D eigenvalue weighted by Gasteiger charge is -2.16. The van der Waals surface area contributed by atoms with Crippen LogP contribution in [0.3, 0.4) is 0 Å². The van der Waals surface area contributed by atoms with Crippen LogP contribution in [0.2, 0.25) is 5.02 Å². The minimum absolute atomic E-state index is 0.0219. The number of rotatable bonds is 5. The van der Waals surface area contributed by atoms with Crippen molar-refractivity contribution in [2.24, 2.45) is 5.92 Å². The van der Waals surface area contributed by atoms with Crippen LogP contribution < -0.4 is 16.2 Å². The van der Waals surface area contributed by atoms with Crippen LogP contribution in [0.15, 0.2) is 36.9 Å². The van der Waals surface area contributed by atoms with Crippen LogP contribution >= 0.6 is 11.6 Å². The minimum atomic E-state index is -0.201. The Kier molecular flexibility index (Phi) is 4.90. The number of pyridine rings is 1. The summed E-state index contributed by atoms with van der Waals surface area (Å²) in [5.74, 6) is -0.223. The van der Waals surface area contributed by atoms with Crippen LogP contribution in [0, 0.1) is 5.92 Å². The summed E-state index contributed by atoms with van der Waals surface area (Å²) in [6, 6.07) is 4.09. The summed E-state index contributed by atoms with van der Waals surface area (Å²) in [6.45, 7) is 2.36. The van der Waals surface area contributed by atoms with Crippen LogP contribution in [0.4, 0.5) is 0 Å². The molecule has 23 heavy (non-hydrogen) atoms. The number of carbonyl (C=O) groups is 1. The Balaban J connectivity index is 1.50. The van der Waals surface area contributed by atoms with Crippen LogP contribution in [-0.4, -0.2) is 26.8 Å². The van der Waals surface area contributed by atoms with Gasteiger partial charge in [-0.1, -0.05) is 18.5 Å². The van der Waals surface area contributed by atoms with Crippen molar-refractivity contribution in [3.63, 3.8) is 0 Å². The van der Waals surface area contributed by atoms with E-state index in [1.54, 1.807) is 29.5 Å². The van der Waals surface area contributed by atoms with Crippen molar-refractivity contribution in [3.8, 4) is 0 Å². The highest BCUT2D eigenvalue weighted by molar-refractivity contribution is 6.30. The summed E-state index contributed by atoms with van der Waals surface area (Å²) >= 11 is 5.83. The van der Waals surface area contributed by atoms with Gasteiger partial charge in [-0.2, -0.15) is 5.10 Å². The zero-order valence-electron chi connectivity index (χ0n) is 12.7. The van der Waals surface area contributed by atoms with Gasteiger partial charge in [-0.15, -0.1) is 0 Å². The fraction of sp³-hybridized carbons (Fsp3) is 0.400. The molecular weight excluding hydrogens is 316 g/mol. The molecule has 0 radical (unpaired) electrons. The normalized spacial score (nSPS) is 22.0. The Morgan fingerprint density at radius 3 is 2.96 bits per heavy atom. The zero-order chi connectivity index (χ0) is 16.2. The Hall–Kier alpha value is -1.96. The maximum atomic E-state index is 12.3. The molecule has 3 unspecified atom stereocenters. The molecule has 3 heterocycles. The van der Waals surface area contributed by atoms with Gasteiger partial charge in [0.1, 0.15) is 0 Å². The van der Waals surface area contributed by atoms with Gasteiger partial charge in [0.05, 0.1) is 29.8 Å². The van der Waals surface area contributed by atoms with Gasteiger partial charge in [-0.3, -0.25) is 14.5 Å². The van der Waals surface area contributed by atoms with Crippen molar-refractivity contribution in [2.45, 2.75) is 32.1 Å². The predicted molar refractivity (Wildman–Crippen MR) is 86.2 cm³/mol. The Bertz CT molecular complexity index is 661. The van der Waals surface area contributed by atoms with E-state index in [2.05, 4.69) is 26.3 Å². The first-order chi connectivity index (χ1) is 11.1. The molecule has 7 nitrogen and oxygen atoms in total. The van der Waals surface area contributed by atoms with Gasteiger partial charge in [0.25, 0.3) is 0 Å². The number of hydrogen-bond donors (Lipinski definition) is 3. The highest BCUT2D eigenvalue weighted by atomic mass is 35.5. The first-order valence-electron chi connectivity index (χ1n) is 7.51. The molecule has 1 aliphatic heterocycles. The van der Waals surface area contributed by atoms with Crippen molar-refractivity contribution < 1.29 is 4.79 Å². The summed E-state index contributed by atoms with van der Waals surface area (Å²) in [5, 5.41) is 7.66. The van der Waals surface area contributed by atoms with E-state index >= 15 is 0 Å². The summed E-state index contributed by atoms with van der Waals surface area (Å²) < 4.78 is 1.67. The van der Waals surface area contributed by atoms with E-state index in [-0.39, 0.29) is 24.0 Å². The number of hydrazine groups is 1. The highest BCUT2D eigenvalue weighted by Crippen LogP contribution is 2.20.